The average molecular weight is 191 g/mol. The maximum Gasteiger partial charge on any atom is 0.321 e. The van der Waals surface area contributed by atoms with Gasteiger partial charge >= 0.3 is 5.97 Å². The Morgan fingerprint density at radius 2 is 1.89 bits per heavy atom. The van der Waals surface area contributed by atoms with Gasteiger partial charge in [0.25, 0.3) is 0 Å². The van der Waals surface area contributed by atoms with Crippen LogP contribution in [0.4, 0.5) is 0 Å². The molecule has 0 aliphatic heterocycles. The average Bonchev–Trinajstić information content (AvgIpc) is 1.63. The third-order valence-corrected chi connectivity index (χ3v) is 1.37. The standard InChI is InChI=1S/C4H5Cl3O2/c5-2(4(8)9)1-3(6)7/h2-3H,1H2,(H,8,9). The predicted octanol–water partition coefficient (Wildman–Crippen LogP) is 1.87. The Labute approximate surface area is 67.7 Å². The molecule has 0 aromatic carbocycles. The van der Waals surface area contributed by atoms with Crippen LogP contribution in [-0.4, -0.2) is 21.3 Å². The van der Waals surface area contributed by atoms with Crippen molar-refractivity contribution in [3.05, 3.63) is 0 Å². The molecule has 0 heterocycles. The monoisotopic (exact) mass is 190 g/mol. The Balaban J connectivity index is 3.50. The van der Waals surface area contributed by atoms with E-state index in [2.05, 4.69) is 0 Å². The van der Waals surface area contributed by atoms with E-state index in [4.69, 9.17) is 39.9 Å². The van der Waals surface area contributed by atoms with E-state index in [-0.39, 0.29) is 6.42 Å². The quantitative estimate of drug-likeness (QED) is 0.692. The summed E-state index contributed by atoms with van der Waals surface area (Å²) in [4.78, 5) is 9.28. The van der Waals surface area contributed by atoms with Crippen molar-refractivity contribution < 1.29 is 9.90 Å². The highest BCUT2D eigenvalue weighted by Crippen LogP contribution is 2.13. The molecule has 0 aliphatic rings. The first-order valence-electron chi connectivity index (χ1n) is 2.19. The van der Waals surface area contributed by atoms with Gasteiger partial charge in [-0.15, -0.1) is 34.8 Å². The van der Waals surface area contributed by atoms with Crippen LogP contribution < -0.4 is 0 Å². The van der Waals surface area contributed by atoms with Crippen molar-refractivity contribution >= 4 is 40.8 Å². The van der Waals surface area contributed by atoms with Gasteiger partial charge < -0.3 is 5.11 Å². The van der Waals surface area contributed by atoms with Crippen LogP contribution in [0.15, 0.2) is 0 Å². The van der Waals surface area contributed by atoms with E-state index >= 15 is 0 Å². The van der Waals surface area contributed by atoms with Gasteiger partial charge in [-0.3, -0.25) is 4.79 Å². The van der Waals surface area contributed by atoms with Crippen molar-refractivity contribution in [3.8, 4) is 0 Å². The second-order valence-corrected chi connectivity index (χ2v) is 3.24. The van der Waals surface area contributed by atoms with Crippen LogP contribution >= 0.6 is 34.8 Å². The molecule has 0 saturated heterocycles. The molecule has 0 radical (unpaired) electrons. The summed E-state index contributed by atoms with van der Waals surface area (Å²) in [6.07, 6.45) is 0.0694. The first kappa shape index (κ1) is 9.34. The molecule has 1 atom stereocenters. The molecule has 0 aromatic rings. The predicted molar refractivity (Wildman–Crippen MR) is 37.4 cm³/mol. The number of hydrogen-bond donors (Lipinski definition) is 1. The number of carboxylic acid groups (broad SMARTS) is 1. The number of halogens is 3. The van der Waals surface area contributed by atoms with Gasteiger partial charge in [-0.1, -0.05) is 0 Å². The first-order valence-corrected chi connectivity index (χ1v) is 3.50. The molecule has 0 amide bonds. The molecular formula is C4H5Cl3O2. The number of carbonyl (C=O) groups is 1. The van der Waals surface area contributed by atoms with Crippen molar-refractivity contribution in [2.24, 2.45) is 0 Å². The Morgan fingerprint density at radius 3 is 2.00 bits per heavy atom. The largest absolute Gasteiger partial charge is 0.480 e. The molecule has 0 rings (SSSR count). The van der Waals surface area contributed by atoms with E-state index in [1.54, 1.807) is 0 Å². The number of aliphatic carboxylic acids is 1. The molecular weight excluding hydrogens is 186 g/mol. The zero-order chi connectivity index (χ0) is 7.44. The van der Waals surface area contributed by atoms with Gasteiger partial charge in [0, 0.05) is 6.42 Å². The fraction of sp³-hybridized carbons (Fsp3) is 0.750. The van der Waals surface area contributed by atoms with Gasteiger partial charge in [0.05, 0.1) is 0 Å². The number of hydrogen-bond acceptors (Lipinski definition) is 1. The van der Waals surface area contributed by atoms with Crippen LogP contribution in [0.2, 0.25) is 0 Å². The lowest BCUT2D eigenvalue weighted by Crippen LogP contribution is -2.15. The summed E-state index contributed by atoms with van der Waals surface area (Å²) in [6.45, 7) is 0. The number of rotatable bonds is 3. The summed E-state index contributed by atoms with van der Waals surface area (Å²) in [5, 5.41) is 7.20. The molecule has 9 heavy (non-hydrogen) atoms. The highest BCUT2D eigenvalue weighted by molar-refractivity contribution is 6.45. The molecule has 0 aromatic heterocycles. The Hall–Kier alpha value is 0.340. The maximum absolute atomic E-state index is 9.99. The lowest BCUT2D eigenvalue weighted by molar-refractivity contribution is -0.136. The smallest absolute Gasteiger partial charge is 0.321 e. The third kappa shape index (κ3) is 4.82. The van der Waals surface area contributed by atoms with Gasteiger partial charge in [-0.25, -0.2) is 0 Å². The van der Waals surface area contributed by atoms with E-state index < -0.39 is 16.2 Å². The van der Waals surface area contributed by atoms with Gasteiger partial charge in [-0.2, -0.15) is 0 Å². The minimum Gasteiger partial charge on any atom is -0.480 e. The fourth-order valence-electron chi connectivity index (χ4n) is 0.257. The summed E-state index contributed by atoms with van der Waals surface area (Å²) in [7, 11) is 0. The summed E-state index contributed by atoms with van der Waals surface area (Å²) in [5.41, 5.74) is 0. The van der Waals surface area contributed by atoms with Crippen LogP contribution in [0.5, 0.6) is 0 Å². The summed E-state index contributed by atoms with van der Waals surface area (Å²) < 4.78 is 0. The van der Waals surface area contributed by atoms with Crippen molar-refractivity contribution in [1.29, 1.82) is 0 Å². The van der Waals surface area contributed by atoms with E-state index in [9.17, 15) is 4.79 Å². The van der Waals surface area contributed by atoms with Crippen molar-refractivity contribution in [1.82, 2.24) is 0 Å². The van der Waals surface area contributed by atoms with E-state index in [0.717, 1.165) is 0 Å². The number of carboxylic acids is 1. The molecule has 0 aliphatic carbocycles. The van der Waals surface area contributed by atoms with E-state index in [1.165, 1.54) is 0 Å². The van der Waals surface area contributed by atoms with Crippen LogP contribution in [0.3, 0.4) is 0 Å². The summed E-state index contributed by atoms with van der Waals surface area (Å²) in [5.74, 6) is -1.09. The van der Waals surface area contributed by atoms with Crippen molar-refractivity contribution in [2.75, 3.05) is 0 Å². The van der Waals surface area contributed by atoms with Gasteiger partial charge in [0.2, 0.25) is 0 Å². The second-order valence-electron chi connectivity index (χ2n) is 1.43. The third-order valence-electron chi connectivity index (χ3n) is 0.653. The summed E-state index contributed by atoms with van der Waals surface area (Å²) in [6, 6.07) is 0. The maximum atomic E-state index is 9.99. The fourth-order valence-corrected chi connectivity index (χ4v) is 0.974. The molecule has 2 nitrogen and oxygen atoms in total. The SMILES string of the molecule is O=C(O)C(Cl)CC(Cl)Cl. The molecule has 1 N–H and O–H groups in total. The zero-order valence-electron chi connectivity index (χ0n) is 4.35. The first-order chi connectivity index (χ1) is 4.04. The molecule has 5 heteroatoms. The zero-order valence-corrected chi connectivity index (χ0v) is 6.62. The van der Waals surface area contributed by atoms with E-state index in [0.29, 0.717) is 0 Å². The Kier molecular flexibility index (Phi) is 4.36. The normalized spacial score (nSPS) is 13.8. The highest BCUT2D eigenvalue weighted by Gasteiger charge is 2.16. The molecule has 0 fully saturated rings. The summed E-state index contributed by atoms with van der Waals surface area (Å²) >= 11 is 15.7. The second kappa shape index (κ2) is 4.20. The van der Waals surface area contributed by atoms with Crippen molar-refractivity contribution in [2.45, 2.75) is 16.6 Å². The van der Waals surface area contributed by atoms with E-state index in [1.807, 2.05) is 0 Å². The van der Waals surface area contributed by atoms with Crippen LogP contribution in [0.1, 0.15) is 6.42 Å². The molecule has 0 spiro atoms. The minimum atomic E-state index is -1.09. The Morgan fingerprint density at radius 1 is 1.44 bits per heavy atom. The molecule has 54 valence electrons. The minimum absolute atomic E-state index is 0.0694. The molecule has 0 saturated carbocycles. The Bertz CT molecular complexity index is 104. The van der Waals surface area contributed by atoms with Gasteiger partial charge in [0.15, 0.2) is 0 Å². The lowest BCUT2D eigenvalue weighted by Gasteiger charge is -2.02. The number of alkyl halides is 3. The highest BCUT2D eigenvalue weighted by atomic mass is 35.5. The van der Waals surface area contributed by atoms with Crippen molar-refractivity contribution in [3.63, 3.8) is 0 Å². The van der Waals surface area contributed by atoms with Gasteiger partial charge in [-0.05, 0) is 0 Å². The molecule has 0 bridgehead atoms. The van der Waals surface area contributed by atoms with Crippen LogP contribution in [-0.2, 0) is 4.79 Å². The topological polar surface area (TPSA) is 37.3 Å². The molecule has 1 unspecified atom stereocenters. The lowest BCUT2D eigenvalue weighted by atomic mass is 10.3. The van der Waals surface area contributed by atoms with Crippen LogP contribution in [0, 0.1) is 0 Å². The van der Waals surface area contributed by atoms with Crippen LogP contribution in [0.25, 0.3) is 0 Å². The van der Waals surface area contributed by atoms with Gasteiger partial charge in [0.1, 0.15) is 10.2 Å².